The van der Waals surface area contributed by atoms with Crippen molar-refractivity contribution in [1.82, 2.24) is 16.2 Å². The average molecular weight is 376 g/mol. The highest BCUT2D eigenvalue weighted by atomic mass is 19.1. The van der Waals surface area contributed by atoms with Crippen LogP contribution in [0.1, 0.15) is 50.5 Å². The molecule has 7 nitrogen and oxygen atoms in total. The third kappa shape index (κ3) is 3.43. The van der Waals surface area contributed by atoms with Crippen LogP contribution in [0.5, 0.6) is 0 Å². The van der Waals surface area contributed by atoms with E-state index in [1.165, 1.54) is 12.1 Å². The van der Waals surface area contributed by atoms with Crippen LogP contribution in [0.2, 0.25) is 0 Å². The van der Waals surface area contributed by atoms with Crippen molar-refractivity contribution >= 4 is 5.91 Å². The zero-order valence-corrected chi connectivity index (χ0v) is 15.1. The summed E-state index contributed by atoms with van der Waals surface area (Å²) in [4.78, 5) is 24.1. The van der Waals surface area contributed by atoms with Crippen molar-refractivity contribution in [1.29, 1.82) is 0 Å². The topological polar surface area (TPSA) is 96.3 Å². The second-order valence-electron chi connectivity index (χ2n) is 8.07. The third-order valence-electron chi connectivity index (χ3n) is 6.52. The molecule has 4 unspecified atom stereocenters. The van der Waals surface area contributed by atoms with Gasteiger partial charge in [-0.1, -0.05) is 25.0 Å². The van der Waals surface area contributed by atoms with Crippen molar-refractivity contribution in [3.05, 3.63) is 45.8 Å². The van der Waals surface area contributed by atoms with Crippen LogP contribution >= 0.6 is 0 Å². The summed E-state index contributed by atoms with van der Waals surface area (Å²) in [6.07, 6.45) is 5.27. The lowest BCUT2D eigenvalue weighted by Crippen LogP contribution is -2.53. The highest BCUT2D eigenvalue weighted by molar-refractivity contribution is 5.83. The van der Waals surface area contributed by atoms with E-state index in [1.54, 1.807) is 12.1 Å². The maximum Gasteiger partial charge on any atom is 0.239 e. The molecule has 3 N–H and O–H groups in total. The highest BCUT2D eigenvalue weighted by Crippen LogP contribution is 2.39. The van der Waals surface area contributed by atoms with Gasteiger partial charge in [0, 0.05) is 29.7 Å². The van der Waals surface area contributed by atoms with E-state index in [4.69, 9.17) is 0 Å². The molecular weight excluding hydrogens is 351 g/mol. The van der Waals surface area contributed by atoms with Gasteiger partial charge in [-0.3, -0.25) is 20.3 Å². The molecule has 0 radical (unpaired) electrons. The normalized spacial score (nSPS) is 32.0. The van der Waals surface area contributed by atoms with Crippen LogP contribution in [0, 0.1) is 21.8 Å². The van der Waals surface area contributed by atoms with Crippen LogP contribution in [-0.4, -0.2) is 29.0 Å². The molecule has 2 saturated carbocycles. The summed E-state index contributed by atoms with van der Waals surface area (Å²) in [6, 6.07) is 5.35. The van der Waals surface area contributed by atoms with Gasteiger partial charge in [-0.05, 0) is 37.0 Å². The first-order valence-electron chi connectivity index (χ1n) is 9.71. The summed E-state index contributed by atoms with van der Waals surface area (Å²) < 4.78 is 13.3. The Morgan fingerprint density at radius 2 is 1.89 bits per heavy atom. The minimum Gasteiger partial charge on any atom is -0.345 e. The molecule has 0 aromatic heterocycles. The lowest BCUT2D eigenvalue weighted by atomic mass is 9.78. The van der Waals surface area contributed by atoms with Crippen molar-refractivity contribution in [2.24, 2.45) is 5.92 Å². The van der Waals surface area contributed by atoms with Crippen molar-refractivity contribution in [2.45, 2.75) is 68.6 Å². The molecular formula is C19H25FN4O3. The van der Waals surface area contributed by atoms with Gasteiger partial charge in [0.2, 0.25) is 11.9 Å². The molecule has 1 saturated heterocycles. The zero-order chi connectivity index (χ0) is 19.0. The van der Waals surface area contributed by atoms with Gasteiger partial charge in [0.1, 0.15) is 11.9 Å². The van der Waals surface area contributed by atoms with Crippen molar-refractivity contribution in [2.75, 3.05) is 0 Å². The number of nitrogens with zero attached hydrogens (tertiary/aromatic N) is 1. The number of hydrazine groups is 1. The number of carbonyl (C=O) groups excluding carboxylic acids is 1. The molecule has 1 aliphatic heterocycles. The van der Waals surface area contributed by atoms with Gasteiger partial charge in [0.05, 0.1) is 5.54 Å². The van der Waals surface area contributed by atoms with Crippen molar-refractivity contribution in [3.8, 4) is 0 Å². The molecule has 0 spiro atoms. The maximum atomic E-state index is 13.3. The summed E-state index contributed by atoms with van der Waals surface area (Å²) in [5.74, 6) is -0.526. The first-order chi connectivity index (χ1) is 13.0. The molecule has 2 aliphatic carbocycles. The summed E-state index contributed by atoms with van der Waals surface area (Å²) in [6.45, 7) is 0. The van der Waals surface area contributed by atoms with E-state index < -0.39 is 17.6 Å². The molecule has 4 rings (SSSR count). The average Bonchev–Trinajstić information content (AvgIpc) is 3.29. The van der Waals surface area contributed by atoms with E-state index >= 15 is 0 Å². The summed E-state index contributed by atoms with van der Waals surface area (Å²) in [5, 5.41) is 14.4. The number of carbonyl (C=O) groups is 1. The molecule has 146 valence electrons. The van der Waals surface area contributed by atoms with Gasteiger partial charge in [-0.15, -0.1) is 0 Å². The van der Waals surface area contributed by atoms with Crippen molar-refractivity contribution < 1.29 is 14.1 Å². The van der Waals surface area contributed by atoms with Crippen molar-refractivity contribution in [3.63, 3.8) is 0 Å². The first-order valence-corrected chi connectivity index (χ1v) is 9.71. The largest absolute Gasteiger partial charge is 0.345 e. The maximum absolute atomic E-state index is 13.3. The zero-order valence-electron chi connectivity index (χ0n) is 15.1. The number of hydrogen-bond acceptors (Lipinski definition) is 5. The van der Waals surface area contributed by atoms with E-state index in [-0.39, 0.29) is 28.6 Å². The monoisotopic (exact) mass is 376 g/mol. The second kappa shape index (κ2) is 7.16. The predicted molar refractivity (Wildman–Crippen MR) is 96.7 cm³/mol. The number of nitrogens with one attached hydrogen (secondary N) is 3. The van der Waals surface area contributed by atoms with E-state index in [9.17, 15) is 19.3 Å². The van der Waals surface area contributed by atoms with Gasteiger partial charge in [-0.25, -0.2) is 9.82 Å². The van der Waals surface area contributed by atoms with E-state index in [2.05, 4.69) is 16.2 Å². The number of hydrogen-bond donors (Lipinski definition) is 3. The summed E-state index contributed by atoms with van der Waals surface area (Å²) >= 11 is 0. The molecule has 3 fully saturated rings. The quantitative estimate of drug-likeness (QED) is 0.552. The Bertz CT molecular complexity index is 720. The van der Waals surface area contributed by atoms with Gasteiger partial charge in [0.15, 0.2) is 0 Å². The van der Waals surface area contributed by atoms with Gasteiger partial charge < -0.3 is 5.32 Å². The van der Waals surface area contributed by atoms with Crippen LogP contribution in [0.25, 0.3) is 0 Å². The van der Waals surface area contributed by atoms with E-state index in [1.807, 2.05) is 0 Å². The smallest absolute Gasteiger partial charge is 0.239 e. The SMILES string of the molecule is O=C(NC1(c2ccc(F)cc2)CCCC1)C1NNC2CCC([N+](=O)[O-])CC21. The minimum atomic E-state index is -0.583. The number of amides is 1. The number of fused-ring (bicyclic) bond motifs is 1. The number of rotatable bonds is 4. The Kier molecular flexibility index (Phi) is 4.86. The first kappa shape index (κ1) is 18.3. The van der Waals surface area contributed by atoms with Crippen LogP contribution in [0.15, 0.2) is 24.3 Å². The fourth-order valence-electron chi connectivity index (χ4n) is 5.03. The molecule has 1 aromatic rings. The molecule has 1 amide bonds. The number of halogens is 1. The molecule has 1 heterocycles. The molecule has 3 aliphatic rings. The molecule has 0 bridgehead atoms. The highest BCUT2D eigenvalue weighted by Gasteiger charge is 2.48. The lowest BCUT2D eigenvalue weighted by Gasteiger charge is -2.34. The standard InChI is InChI=1S/C19H25FN4O3/c20-13-5-3-12(4-6-13)19(9-1-2-10-19)21-18(25)17-15-11-14(24(26)27)7-8-16(15)22-23-17/h3-6,14-17,22-23H,1-2,7-11H2,(H,21,25). The lowest BCUT2D eigenvalue weighted by molar-refractivity contribution is -0.528. The minimum absolute atomic E-state index is 0.0855. The van der Waals surface area contributed by atoms with E-state index in [0.29, 0.717) is 19.3 Å². The van der Waals surface area contributed by atoms with Crippen LogP contribution in [-0.2, 0) is 10.3 Å². The Morgan fingerprint density at radius 1 is 1.19 bits per heavy atom. The fourth-order valence-corrected chi connectivity index (χ4v) is 5.03. The second-order valence-corrected chi connectivity index (χ2v) is 8.07. The molecule has 27 heavy (non-hydrogen) atoms. The Balaban J connectivity index is 1.51. The Labute approximate surface area is 157 Å². The van der Waals surface area contributed by atoms with Crippen LogP contribution < -0.4 is 16.2 Å². The van der Waals surface area contributed by atoms with Gasteiger partial charge in [0.25, 0.3) is 0 Å². The Morgan fingerprint density at radius 3 is 2.56 bits per heavy atom. The summed E-state index contributed by atoms with van der Waals surface area (Å²) in [5.41, 5.74) is 6.65. The number of nitro groups is 1. The predicted octanol–water partition coefficient (Wildman–Crippen LogP) is 2.00. The summed E-state index contributed by atoms with van der Waals surface area (Å²) in [7, 11) is 0. The molecule has 8 heteroatoms. The van der Waals surface area contributed by atoms with Gasteiger partial charge >= 0.3 is 0 Å². The van der Waals surface area contributed by atoms with Gasteiger partial charge in [-0.2, -0.15) is 0 Å². The van der Waals surface area contributed by atoms with Crippen LogP contribution in [0.3, 0.4) is 0 Å². The third-order valence-corrected chi connectivity index (χ3v) is 6.52. The molecule has 1 aromatic carbocycles. The van der Waals surface area contributed by atoms with Crippen LogP contribution in [0.4, 0.5) is 4.39 Å². The number of benzene rings is 1. The fraction of sp³-hybridized carbons (Fsp3) is 0.632. The Hall–Kier alpha value is -2.06. The van der Waals surface area contributed by atoms with E-state index in [0.717, 1.165) is 31.2 Å². The molecule has 4 atom stereocenters.